The van der Waals surface area contributed by atoms with Crippen LogP contribution in [0.1, 0.15) is 56.3 Å². The summed E-state index contributed by atoms with van der Waals surface area (Å²) in [5.74, 6) is -2.58. The van der Waals surface area contributed by atoms with Gasteiger partial charge in [0.05, 0.1) is 18.7 Å². The third-order valence-electron chi connectivity index (χ3n) is 7.33. The summed E-state index contributed by atoms with van der Waals surface area (Å²) >= 11 is 0. The first-order chi connectivity index (χ1) is 20.9. The number of benzene rings is 3. The highest BCUT2D eigenvalue weighted by atomic mass is 19.1. The second kappa shape index (κ2) is 16.1. The van der Waals surface area contributed by atoms with E-state index in [2.05, 4.69) is 23.6 Å². The van der Waals surface area contributed by atoms with Crippen LogP contribution in [0.4, 0.5) is 8.78 Å². The third kappa shape index (κ3) is 10.2. The van der Waals surface area contributed by atoms with E-state index in [1.807, 2.05) is 18.2 Å². The Morgan fingerprint density at radius 1 is 0.886 bits per heavy atom. The average molecular weight is 609 g/mol. The van der Waals surface area contributed by atoms with Crippen molar-refractivity contribution in [3.8, 4) is 0 Å². The van der Waals surface area contributed by atoms with Gasteiger partial charge in [-0.05, 0) is 78.8 Å². The van der Waals surface area contributed by atoms with Crippen LogP contribution in [0.5, 0.6) is 0 Å². The van der Waals surface area contributed by atoms with Gasteiger partial charge in [0.15, 0.2) is 0 Å². The molecular formula is C34H42F2N4O4. The Balaban J connectivity index is 1.76. The van der Waals surface area contributed by atoms with E-state index in [1.165, 1.54) is 40.6 Å². The first kappa shape index (κ1) is 34.3. The van der Waals surface area contributed by atoms with Crippen molar-refractivity contribution in [3.05, 3.63) is 106 Å². The zero-order valence-electron chi connectivity index (χ0n) is 26.0. The van der Waals surface area contributed by atoms with Gasteiger partial charge in [-0.15, -0.1) is 0 Å². The van der Waals surface area contributed by atoms with E-state index in [9.17, 15) is 28.3 Å². The average Bonchev–Trinajstić information content (AvgIpc) is 2.97. The van der Waals surface area contributed by atoms with Gasteiger partial charge in [0.2, 0.25) is 5.91 Å². The lowest BCUT2D eigenvalue weighted by atomic mass is 9.99. The summed E-state index contributed by atoms with van der Waals surface area (Å²) in [5.41, 5.74) is 3.77. The Kier molecular flexibility index (Phi) is 12.5. The van der Waals surface area contributed by atoms with Crippen molar-refractivity contribution in [2.45, 2.75) is 51.8 Å². The Hall–Kier alpha value is -4.15. The lowest BCUT2D eigenvalue weighted by molar-refractivity contribution is -0.129. The predicted molar refractivity (Wildman–Crippen MR) is 166 cm³/mol. The maximum Gasteiger partial charge on any atom is 0.254 e. The number of aryl methyl sites for hydroxylation is 3. The number of halogens is 2. The Morgan fingerprint density at radius 3 is 2.20 bits per heavy atom. The molecule has 0 aliphatic carbocycles. The fraction of sp³-hybridized carbons (Fsp3) is 0.382. The first-order valence-electron chi connectivity index (χ1n) is 14.7. The smallest absolute Gasteiger partial charge is 0.254 e. The van der Waals surface area contributed by atoms with Crippen LogP contribution in [0.3, 0.4) is 0 Å². The van der Waals surface area contributed by atoms with Crippen molar-refractivity contribution < 1.29 is 28.3 Å². The van der Waals surface area contributed by atoms with Crippen LogP contribution in [0.15, 0.2) is 60.7 Å². The molecule has 44 heavy (non-hydrogen) atoms. The SMILES string of the molecule is CCc1cccc(CNC[C@@H](O)[C@H](CCc2cc(F)cc(F)c2)NC(=O)c2cc(C)cc(C(=O)N(C)CC(=O)N(C)C)c2)c1. The molecule has 8 nitrogen and oxygen atoms in total. The van der Waals surface area contributed by atoms with Crippen molar-refractivity contribution in [1.82, 2.24) is 20.4 Å². The first-order valence-corrected chi connectivity index (χ1v) is 14.7. The number of carbonyl (C=O) groups is 3. The lowest BCUT2D eigenvalue weighted by Crippen LogP contribution is -2.47. The minimum Gasteiger partial charge on any atom is -0.390 e. The number of nitrogens with zero attached hydrogens (tertiary/aromatic N) is 2. The number of likely N-dealkylation sites (N-methyl/N-ethyl adjacent to an activating group) is 2. The largest absolute Gasteiger partial charge is 0.390 e. The molecule has 0 bridgehead atoms. The van der Waals surface area contributed by atoms with Crippen LogP contribution >= 0.6 is 0 Å². The Labute approximate surface area is 258 Å². The summed E-state index contributed by atoms with van der Waals surface area (Å²) in [4.78, 5) is 41.3. The fourth-order valence-electron chi connectivity index (χ4n) is 4.83. The number of hydrogen-bond donors (Lipinski definition) is 3. The molecule has 0 aliphatic heterocycles. The van der Waals surface area contributed by atoms with Crippen molar-refractivity contribution >= 4 is 17.7 Å². The zero-order valence-corrected chi connectivity index (χ0v) is 26.0. The number of amides is 3. The highest BCUT2D eigenvalue weighted by molar-refractivity contribution is 6.01. The van der Waals surface area contributed by atoms with Crippen molar-refractivity contribution in [2.75, 3.05) is 34.2 Å². The van der Waals surface area contributed by atoms with E-state index in [-0.39, 0.29) is 43.0 Å². The maximum absolute atomic E-state index is 13.8. The standard InChI is InChI=1S/C34H42F2N4O4/c1-6-23-8-7-9-25(14-23)19-37-20-31(41)30(11-10-24-15-28(35)18-29(36)16-24)38-33(43)26-12-22(2)13-27(17-26)34(44)40(5)21-32(42)39(3)4/h7-9,12-18,30-31,37,41H,6,10-11,19-21H2,1-5H3,(H,38,43)/t30-,31+/m0/s1. The van der Waals surface area contributed by atoms with Gasteiger partial charge < -0.3 is 25.5 Å². The van der Waals surface area contributed by atoms with Crippen molar-refractivity contribution in [1.29, 1.82) is 0 Å². The minimum atomic E-state index is -1.03. The van der Waals surface area contributed by atoms with Crippen LogP contribution < -0.4 is 10.6 Å². The van der Waals surface area contributed by atoms with Gasteiger partial charge >= 0.3 is 0 Å². The van der Waals surface area contributed by atoms with Crippen LogP contribution in [0.2, 0.25) is 0 Å². The number of aliphatic hydroxyl groups excluding tert-OH is 1. The zero-order chi connectivity index (χ0) is 32.4. The molecule has 2 atom stereocenters. The minimum absolute atomic E-state index is 0.119. The van der Waals surface area contributed by atoms with Gasteiger partial charge in [0.25, 0.3) is 11.8 Å². The summed E-state index contributed by atoms with van der Waals surface area (Å²) in [6, 6.07) is 15.3. The van der Waals surface area contributed by atoms with Crippen LogP contribution in [-0.2, 0) is 24.2 Å². The van der Waals surface area contributed by atoms with Gasteiger partial charge in [-0.2, -0.15) is 0 Å². The Morgan fingerprint density at radius 2 is 1.55 bits per heavy atom. The number of rotatable bonds is 14. The molecule has 0 unspecified atom stereocenters. The molecule has 0 saturated heterocycles. The molecule has 0 heterocycles. The molecule has 0 aliphatic rings. The van der Waals surface area contributed by atoms with Crippen molar-refractivity contribution in [3.63, 3.8) is 0 Å². The monoisotopic (exact) mass is 608 g/mol. The fourth-order valence-corrected chi connectivity index (χ4v) is 4.83. The molecule has 3 rings (SSSR count). The van der Waals surface area contributed by atoms with E-state index < -0.39 is 35.6 Å². The molecule has 3 N–H and O–H groups in total. The summed E-state index contributed by atoms with van der Waals surface area (Å²) in [5, 5.41) is 17.2. The molecule has 0 radical (unpaired) electrons. The molecular weight excluding hydrogens is 566 g/mol. The number of hydrogen-bond acceptors (Lipinski definition) is 5. The number of aliphatic hydroxyl groups is 1. The Bertz CT molecular complexity index is 1440. The quantitative estimate of drug-likeness (QED) is 0.258. The second-order valence-corrected chi connectivity index (χ2v) is 11.3. The van der Waals surface area contributed by atoms with E-state index in [1.54, 1.807) is 33.2 Å². The van der Waals surface area contributed by atoms with Gasteiger partial charge in [-0.25, -0.2) is 8.78 Å². The molecule has 0 saturated carbocycles. The summed E-state index contributed by atoms with van der Waals surface area (Å²) in [7, 11) is 4.72. The predicted octanol–water partition coefficient (Wildman–Crippen LogP) is 3.88. The highest BCUT2D eigenvalue weighted by Crippen LogP contribution is 2.16. The van der Waals surface area contributed by atoms with Gasteiger partial charge in [-0.3, -0.25) is 14.4 Å². The van der Waals surface area contributed by atoms with Crippen molar-refractivity contribution in [2.24, 2.45) is 0 Å². The third-order valence-corrected chi connectivity index (χ3v) is 7.33. The molecule has 10 heteroatoms. The lowest BCUT2D eigenvalue weighted by Gasteiger charge is -2.25. The summed E-state index contributed by atoms with van der Waals surface area (Å²) < 4.78 is 27.6. The molecule has 3 aromatic carbocycles. The molecule has 0 spiro atoms. The molecule has 3 aromatic rings. The molecule has 236 valence electrons. The van der Waals surface area contributed by atoms with Crippen LogP contribution in [0.25, 0.3) is 0 Å². The maximum atomic E-state index is 13.8. The van der Waals surface area contributed by atoms with E-state index in [4.69, 9.17) is 0 Å². The molecule has 0 aromatic heterocycles. The van der Waals surface area contributed by atoms with Gasteiger partial charge in [0.1, 0.15) is 11.6 Å². The topological polar surface area (TPSA) is 102 Å². The van der Waals surface area contributed by atoms with E-state index >= 15 is 0 Å². The normalized spacial score (nSPS) is 12.4. The number of nitrogens with one attached hydrogen (secondary N) is 2. The van der Waals surface area contributed by atoms with Gasteiger partial charge in [0, 0.05) is 51.4 Å². The highest BCUT2D eigenvalue weighted by Gasteiger charge is 2.24. The van der Waals surface area contributed by atoms with Crippen LogP contribution in [0, 0.1) is 18.6 Å². The van der Waals surface area contributed by atoms with E-state index in [0.29, 0.717) is 17.7 Å². The second-order valence-electron chi connectivity index (χ2n) is 11.3. The van der Waals surface area contributed by atoms with E-state index in [0.717, 1.165) is 18.1 Å². The molecule has 3 amide bonds. The van der Waals surface area contributed by atoms with Crippen LogP contribution in [-0.4, -0.2) is 79.0 Å². The summed E-state index contributed by atoms with van der Waals surface area (Å²) in [6.45, 7) is 4.37. The number of carbonyl (C=O) groups excluding carboxylic acids is 3. The molecule has 0 fully saturated rings. The summed E-state index contributed by atoms with van der Waals surface area (Å²) in [6.07, 6.45) is 0.288. The van der Waals surface area contributed by atoms with Gasteiger partial charge in [-0.1, -0.05) is 31.2 Å².